The Bertz CT molecular complexity index is 567. The molecule has 0 fully saturated rings. The van der Waals surface area contributed by atoms with E-state index in [1.54, 1.807) is 23.5 Å². The molecule has 3 N–H and O–H groups in total. The van der Waals surface area contributed by atoms with Crippen LogP contribution in [-0.2, 0) is 6.54 Å². The number of carboxylic acid groups (broad SMARTS) is 1. The molecule has 100 valence electrons. The van der Waals surface area contributed by atoms with Crippen molar-refractivity contribution in [2.45, 2.75) is 13.5 Å². The van der Waals surface area contributed by atoms with Gasteiger partial charge in [0, 0.05) is 17.1 Å². The second-order valence-corrected chi connectivity index (χ2v) is 5.21. The highest BCUT2D eigenvalue weighted by Crippen LogP contribution is 2.25. The molecule has 1 aromatic heterocycles. The van der Waals surface area contributed by atoms with Gasteiger partial charge in [-0.2, -0.15) is 0 Å². The van der Waals surface area contributed by atoms with Crippen LogP contribution in [0.3, 0.4) is 0 Å². The van der Waals surface area contributed by atoms with Crippen molar-refractivity contribution in [3.8, 4) is 0 Å². The van der Waals surface area contributed by atoms with Gasteiger partial charge in [-0.15, -0.1) is 11.3 Å². The minimum Gasteiger partial charge on any atom is -0.478 e. The van der Waals surface area contributed by atoms with E-state index in [-0.39, 0.29) is 5.56 Å². The van der Waals surface area contributed by atoms with Crippen LogP contribution in [0, 0.1) is 0 Å². The van der Waals surface area contributed by atoms with Crippen molar-refractivity contribution in [2.75, 3.05) is 17.2 Å². The van der Waals surface area contributed by atoms with Gasteiger partial charge in [0.1, 0.15) is 0 Å². The molecular formula is C14H16N2O2S. The van der Waals surface area contributed by atoms with Gasteiger partial charge in [-0.05, 0) is 36.6 Å². The topological polar surface area (TPSA) is 66.6 Å². The van der Waals surface area contributed by atoms with Crippen LogP contribution in [0.15, 0.2) is 35.7 Å². The molecule has 0 amide bonds. The zero-order valence-electron chi connectivity index (χ0n) is 10.7. The average molecular weight is 276 g/mol. The molecule has 2 aromatic rings. The highest BCUT2D eigenvalue weighted by atomic mass is 32.1. The van der Waals surface area contributed by atoms with Crippen molar-refractivity contribution >= 4 is 28.7 Å². The minimum absolute atomic E-state index is 0.249. The second-order valence-electron chi connectivity index (χ2n) is 4.18. The Morgan fingerprint density at radius 3 is 2.79 bits per heavy atom. The third-order valence-electron chi connectivity index (χ3n) is 2.90. The Morgan fingerprint density at radius 2 is 2.21 bits per heavy atom. The second kappa shape index (κ2) is 5.75. The molecule has 0 saturated carbocycles. The number of rotatable bonds is 5. The number of carbonyl (C=O) groups is 1. The number of benzene rings is 1. The van der Waals surface area contributed by atoms with Crippen LogP contribution in [-0.4, -0.2) is 17.6 Å². The fraction of sp³-hybridized carbons (Fsp3) is 0.214. The van der Waals surface area contributed by atoms with E-state index < -0.39 is 5.97 Å². The van der Waals surface area contributed by atoms with Gasteiger partial charge in [-0.3, -0.25) is 0 Å². The van der Waals surface area contributed by atoms with Crippen molar-refractivity contribution < 1.29 is 9.90 Å². The molecule has 0 atom stereocenters. The average Bonchev–Trinajstić information content (AvgIpc) is 2.89. The van der Waals surface area contributed by atoms with Crippen molar-refractivity contribution in [3.63, 3.8) is 0 Å². The van der Waals surface area contributed by atoms with Gasteiger partial charge in [0.15, 0.2) is 0 Å². The molecule has 19 heavy (non-hydrogen) atoms. The van der Waals surface area contributed by atoms with Gasteiger partial charge < -0.3 is 15.7 Å². The summed E-state index contributed by atoms with van der Waals surface area (Å²) in [5.74, 6) is -0.952. The van der Waals surface area contributed by atoms with Crippen molar-refractivity contribution in [3.05, 3.63) is 46.2 Å². The molecule has 0 bridgehead atoms. The fourth-order valence-corrected chi connectivity index (χ4v) is 2.68. The SMILES string of the molecule is CCN(Cc1cccs1)c1ccc(N)cc1C(=O)O. The van der Waals surface area contributed by atoms with Crippen LogP contribution in [0.5, 0.6) is 0 Å². The first-order valence-electron chi connectivity index (χ1n) is 6.02. The Morgan fingerprint density at radius 1 is 1.42 bits per heavy atom. The monoisotopic (exact) mass is 276 g/mol. The molecule has 0 spiro atoms. The number of aromatic carboxylic acids is 1. The molecule has 0 unspecified atom stereocenters. The Labute approximate surface area is 116 Å². The molecule has 2 rings (SSSR count). The fourth-order valence-electron chi connectivity index (χ4n) is 1.96. The molecule has 0 aliphatic rings. The molecule has 1 aromatic carbocycles. The zero-order chi connectivity index (χ0) is 13.8. The van der Waals surface area contributed by atoms with E-state index in [1.165, 1.54) is 10.9 Å². The smallest absolute Gasteiger partial charge is 0.337 e. The minimum atomic E-state index is -0.952. The number of hydrogen-bond acceptors (Lipinski definition) is 4. The summed E-state index contributed by atoms with van der Waals surface area (Å²) in [5, 5.41) is 11.3. The normalized spacial score (nSPS) is 10.4. The van der Waals surface area contributed by atoms with E-state index in [1.807, 2.05) is 29.3 Å². The number of nitrogens with two attached hydrogens (primary N) is 1. The summed E-state index contributed by atoms with van der Waals surface area (Å²) in [6, 6.07) is 9.06. The lowest BCUT2D eigenvalue weighted by molar-refractivity contribution is 0.0697. The number of nitrogen functional groups attached to an aromatic ring is 1. The number of hydrogen-bond donors (Lipinski definition) is 2. The number of thiophene rings is 1. The van der Waals surface area contributed by atoms with E-state index in [0.717, 1.165) is 6.54 Å². The Kier molecular flexibility index (Phi) is 4.06. The van der Waals surface area contributed by atoms with Crippen molar-refractivity contribution in [1.82, 2.24) is 0 Å². The van der Waals surface area contributed by atoms with E-state index in [2.05, 4.69) is 0 Å². The van der Waals surface area contributed by atoms with Crippen LogP contribution in [0.2, 0.25) is 0 Å². The van der Waals surface area contributed by atoms with Crippen LogP contribution in [0.1, 0.15) is 22.2 Å². The standard InChI is InChI=1S/C14H16N2O2S/c1-2-16(9-11-4-3-7-19-11)13-6-5-10(15)8-12(13)14(17)18/h3-8H,2,9,15H2,1H3,(H,17,18). The van der Waals surface area contributed by atoms with E-state index >= 15 is 0 Å². The Hall–Kier alpha value is -2.01. The van der Waals surface area contributed by atoms with Crippen molar-refractivity contribution in [1.29, 1.82) is 0 Å². The molecule has 0 radical (unpaired) electrons. The van der Waals surface area contributed by atoms with Crippen LogP contribution in [0.4, 0.5) is 11.4 Å². The quantitative estimate of drug-likeness (QED) is 0.824. The van der Waals surface area contributed by atoms with Gasteiger partial charge >= 0.3 is 5.97 Å². The number of anilines is 2. The van der Waals surface area contributed by atoms with Gasteiger partial charge in [-0.25, -0.2) is 4.79 Å². The summed E-state index contributed by atoms with van der Waals surface area (Å²) in [4.78, 5) is 14.6. The summed E-state index contributed by atoms with van der Waals surface area (Å²) < 4.78 is 0. The van der Waals surface area contributed by atoms with Gasteiger partial charge in [0.2, 0.25) is 0 Å². The summed E-state index contributed by atoms with van der Waals surface area (Å²) >= 11 is 1.66. The molecule has 5 heteroatoms. The van der Waals surface area contributed by atoms with E-state index in [9.17, 15) is 9.90 Å². The third-order valence-corrected chi connectivity index (χ3v) is 3.76. The van der Waals surface area contributed by atoms with E-state index in [4.69, 9.17) is 5.73 Å². The molecule has 1 heterocycles. The van der Waals surface area contributed by atoms with Crippen LogP contribution < -0.4 is 10.6 Å². The van der Waals surface area contributed by atoms with Crippen molar-refractivity contribution in [2.24, 2.45) is 0 Å². The molecule has 0 aliphatic heterocycles. The predicted molar refractivity (Wildman–Crippen MR) is 78.9 cm³/mol. The van der Waals surface area contributed by atoms with E-state index in [0.29, 0.717) is 17.9 Å². The lowest BCUT2D eigenvalue weighted by Crippen LogP contribution is -2.23. The summed E-state index contributed by atoms with van der Waals surface area (Å²) in [5.41, 5.74) is 7.08. The molecule has 0 aliphatic carbocycles. The molecular weight excluding hydrogens is 260 g/mol. The maximum Gasteiger partial charge on any atom is 0.337 e. The van der Waals surface area contributed by atoms with Crippen LogP contribution in [0.25, 0.3) is 0 Å². The number of carboxylic acids is 1. The first kappa shape index (κ1) is 13.4. The first-order valence-corrected chi connectivity index (χ1v) is 6.90. The summed E-state index contributed by atoms with van der Waals surface area (Å²) in [7, 11) is 0. The van der Waals surface area contributed by atoms with Crippen LogP contribution >= 0.6 is 11.3 Å². The largest absolute Gasteiger partial charge is 0.478 e. The summed E-state index contributed by atoms with van der Waals surface area (Å²) in [6.07, 6.45) is 0. The molecule has 4 nitrogen and oxygen atoms in total. The van der Waals surface area contributed by atoms with Gasteiger partial charge in [-0.1, -0.05) is 6.07 Å². The zero-order valence-corrected chi connectivity index (χ0v) is 11.5. The maximum absolute atomic E-state index is 11.3. The van der Waals surface area contributed by atoms with Gasteiger partial charge in [0.05, 0.1) is 17.8 Å². The Balaban J connectivity index is 2.35. The predicted octanol–water partition coefficient (Wildman–Crippen LogP) is 3.05. The number of nitrogens with zero attached hydrogens (tertiary/aromatic N) is 1. The lowest BCUT2D eigenvalue weighted by Gasteiger charge is -2.24. The lowest BCUT2D eigenvalue weighted by atomic mass is 10.1. The highest BCUT2D eigenvalue weighted by Gasteiger charge is 2.16. The summed E-state index contributed by atoms with van der Waals surface area (Å²) in [6.45, 7) is 3.45. The third kappa shape index (κ3) is 3.06. The van der Waals surface area contributed by atoms with Gasteiger partial charge in [0.25, 0.3) is 0 Å². The maximum atomic E-state index is 11.3. The molecule has 0 saturated heterocycles. The highest BCUT2D eigenvalue weighted by molar-refractivity contribution is 7.09. The first-order chi connectivity index (χ1) is 9.11.